The van der Waals surface area contributed by atoms with Crippen LogP contribution in [-0.4, -0.2) is 47.5 Å². The zero-order valence-corrected chi connectivity index (χ0v) is 9.48. The van der Waals surface area contributed by atoms with Gasteiger partial charge in [0.15, 0.2) is 0 Å². The highest BCUT2D eigenvalue weighted by Gasteiger charge is 2.27. The lowest BCUT2D eigenvalue weighted by atomic mass is 10.2. The number of thioether (sulfide) groups is 1. The van der Waals surface area contributed by atoms with Gasteiger partial charge in [-0.2, -0.15) is 11.8 Å². The second kappa shape index (κ2) is 4.53. The minimum atomic E-state index is 0.0233. The minimum absolute atomic E-state index is 0.0233. The van der Waals surface area contributed by atoms with Crippen LogP contribution < -0.4 is 5.32 Å². The van der Waals surface area contributed by atoms with Crippen LogP contribution in [0.4, 0.5) is 0 Å². The van der Waals surface area contributed by atoms with Crippen molar-refractivity contribution in [2.45, 2.75) is 31.1 Å². The summed E-state index contributed by atoms with van der Waals surface area (Å²) in [7, 11) is 0. The Morgan fingerprint density at radius 1 is 1.64 bits per heavy atom. The molecule has 1 amide bonds. The molecule has 2 unspecified atom stereocenters. The maximum absolute atomic E-state index is 11.8. The van der Waals surface area contributed by atoms with Crippen molar-refractivity contribution in [3.05, 3.63) is 0 Å². The van der Waals surface area contributed by atoms with Gasteiger partial charge in [0.05, 0.1) is 6.04 Å². The molecular formula is C10H18N2OS. The first kappa shape index (κ1) is 10.3. The van der Waals surface area contributed by atoms with E-state index in [1.165, 1.54) is 18.6 Å². The van der Waals surface area contributed by atoms with Crippen LogP contribution in [0.5, 0.6) is 0 Å². The maximum atomic E-state index is 11.8. The van der Waals surface area contributed by atoms with Crippen LogP contribution in [0.2, 0.25) is 0 Å². The van der Waals surface area contributed by atoms with E-state index in [1.807, 2.05) is 23.6 Å². The number of amides is 1. The fourth-order valence-corrected chi connectivity index (χ4v) is 3.39. The van der Waals surface area contributed by atoms with Gasteiger partial charge >= 0.3 is 0 Å². The van der Waals surface area contributed by atoms with Crippen LogP contribution in [0, 0.1) is 0 Å². The number of piperazine rings is 1. The smallest absolute Gasteiger partial charge is 0.239 e. The normalized spacial score (nSPS) is 33.8. The van der Waals surface area contributed by atoms with E-state index in [2.05, 4.69) is 5.32 Å². The quantitative estimate of drug-likeness (QED) is 0.734. The van der Waals surface area contributed by atoms with E-state index in [0.717, 1.165) is 19.6 Å². The van der Waals surface area contributed by atoms with Gasteiger partial charge < -0.3 is 10.2 Å². The van der Waals surface area contributed by atoms with E-state index in [-0.39, 0.29) is 11.9 Å². The van der Waals surface area contributed by atoms with Gasteiger partial charge in [-0.25, -0.2) is 0 Å². The van der Waals surface area contributed by atoms with Crippen LogP contribution >= 0.6 is 11.8 Å². The third-order valence-corrected chi connectivity index (χ3v) is 4.34. The van der Waals surface area contributed by atoms with Gasteiger partial charge in [-0.3, -0.25) is 4.79 Å². The summed E-state index contributed by atoms with van der Waals surface area (Å²) in [5.74, 6) is 1.56. The van der Waals surface area contributed by atoms with Crippen molar-refractivity contribution in [2.24, 2.45) is 0 Å². The monoisotopic (exact) mass is 214 g/mol. The second-order valence-corrected chi connectivity index (χ2v) is 5.50. The van der Waals surface area contributed by atoms with Gasteiger partial charge in [0.2, 0.25) is 5.91 Å². The highest BCUT2D eigenvalue weighted by molar-refractivity contribution is 8.00. The van der Waals surface area contributed by atoms with E-state index in [0.29, 0.717) is 5.25 Å². The molecule has 1 N–H and O–H groups in total. The third-order valence-electron chi connectivity index (χ3n) is 2.96. The van der Waals surface area contributed by atoms with Gasteiger partial charge in [-0.15, -0.1) is 0 Å². The van der Waals surface area contributed by atoms with E-state index < -0.39 is 0 Å². The van der Waals surface area contributed by atoms with E-state index in [1.54, 1.807) is 0 Å². The molecule has 0 aromatic heterocycles. The summed E-state index contributed by atoms with van der Waals surface area (Å²) in [4.78, 5) is 13.8. The standard InChI is InChI=1S/C10H18N2OS/c1-8-10(13)12(5-4-11-8)7-9-3-2-6-14-9/h8-9,11H,2-7H2,1H3. The predicted molar refractivity (Wildman–Crippen MR) is 59.5 cm³/mol. The summed E-state index contributed by atoms with van der Waals surface area (Å²) in [5, 5.41) is 3.89. The highest BCUT2D eigenvalue weighted by atomic mass is 32.2. The van der Waals surface area contributed by atoms with Gasteiger partial charge in [-0.05, 0) is 25.5 Å². The third kappa shape index (κ3) is 2.23. The molecule has 0 aromatic rings. The molecule has 2 atom stereocenters. The molecule has 0 radical (unpaired) electrons. The molecule has 2 saturated heterocycles. The van der Waals surface area contributed by atoms with Crippen LogP contribution in [0.25, 0.3) is 0 Å². The van der Waals surface area contributed by atoms with Crippen molar-refractivity contribution in [3.63, 3.8) is 0 Å². The van der Waals surface area contributed by atoms with Gasteiger partial charge in [-0.1, -0.05) is 0 Å². The summed E-state index contributed by atoms with van der Waals surface area (Å²) in [6.07, 6.45) is 2.61. The Morgan fingerprint density at radius 2 is 2.50 bits per heavy atom. The first-order valence-electron chi connectivity index (χ1n) is 5.41. The fourth-order valence-electron chi connectivity index (χ4n) is 2.10. The molecule has 0 spiro atoms. The zero-order chi connectivity index (χ0) is 9.97. The minimum Gasteiger partial charge on any atom is -0.339 e. The molecule has 14 heavy (non-hydrogen) atoms. The molecule has 0 aromatic carbocycles. The van der Waals surface area contributed by atoms with Gasteiger partial charge in [0.1, 0.15) is 0 Å². The van der Waals surface area contributed by atoms with E-state index in [9.17, 15) is 4.79 Å². The Bertz CT molecular complexity index is 216. The Balaban J connectivity index is 1.86. The van der Waals surface area contributed by atoms with Gasteiger partial charge in [0, 0.05) is 24.9 Å². The predicted octanol–water partition coefficient (Wildman–Crippen LogP) is 0.702. The fraction of sp³-hybridized carbons (Fsp3) is 0.900. The summed E-state index contributed by atoms with van der Waals surface area (Å²) in [6.45, 7) is 4.76. The van der Waals surface area contributed by atoms with Crippen molar-refractivity contribution in [1.29, 1.82) is 0 Å². The Labute approximate surface area is 89.6 Å². The molecule has 2 rings (SSSR count). The van der Waals surface area contributed by atoms with Crippen molar-refractivity contribution in [2.75, 3.05) is 25.4 Å². The van der Waals surface area contributed by atoms with Crippen LogP contribution in [-0.2, 0) is 4.79 Å². The second-order valence-electron chi connectivity index (χ2n) is 4.10. The van der Waals surface area contributed by atoms with E-state index >= 15 is 0 Å². The summed E-state index contributed by atoms with van der Waals surface area (Å²) < 4.78 is 0. The summed E-state index contributed by atoms with van der Waals surface area (Å²) >= 11 is 2.02. The molecular weight excluding hydrogens is 196 g/mol. The van der Waals surface area contributed by atoms with Crippen molar-refractivity contribution >= 4 is 17.7 Å². The molecule has 4 heteroatoms. The van der Waals surface area contributed by atoms with Crippen molar-refractivity contribution in [3.8, 4) is 0 Å². The Kier molecular flexibility index (Phi) is 3.34. The van der Waals surface area contributed by atoms with Crippen LogP contribution in [0.3, 0.4) is 0 Å². The summed E-state index contributed by atoms with van der Waals surface area (Å²) in [5.41, 5.74) is 0. The molecule has 80 valence electrons. The number of carbonyl (C=O) groups is 1. The first-order chi connectivity index (χ1) is 6.77. The van der Waals surface area contributed by atoms with Crippen LogP contribution in [0.15, 0.2) is 0 Å². The SMILES string of the molecule is CC1NCCN(CC2CCCS2)C1=O. The number of rotatable bonds is 2. The molecule has 2 aliphatic rings. The number of hydrogen-bond acceptors (Lipinski definition) is 3. The number of hydrogen-bond donors (Lipinski definition) is 1. The molecule has 2 fully saturated rings. The Morgan fingerprint density at radius 3 is 3.21 bits per heavy atom. The average Bonchev–Trinajstić information content (AvgIpc) is 2.66. The number of carbonyl (C=O) groups excluding carboxylic acids is 1. The lowest BCUT2D eigenvalue weighted by molar-refractivity contribution is -0.135. The van der Waals surface area contributed by atoms with E-state index in [4.69, 9.17) is 0 Å². The highest BCUT2D eigenvalue weighted by Crippen LogP contribution is 2.27. The molecule has 2 aliphatic heterocycles. The van der Waals surface area contributed by atoms with Crippen molar-refractivity contribution < 1.29 is 4.79 Å². The number of nitrogens with one attached hydrogen (secondary N) is 1. The lowest BCUT2D eigenvalue weighted by Gasteiger charge is -2.33. The first-order valence-corrected chi connectivity index (χ1v) is 6.46. The average molecular weight is 214 g/mol. The topological polar surface area (TPSA) is 32.3 Å². The molecule has 0 aliphatic carbocycles. The molecule has 0 saturated carbocycles. The van der Waals surface area contributed by atoms with Crippen LogP contribution in [0.1, 0.15) is 19.8 Å². The Hall–Kier alpha value is -0.220. The largest absolute Gasteiger partial charge is 0.339 e. The molecule has 3 nitrogen and oxygen atoms in total. The molecule has 0 bridgehead atoms. The van der Waals surface area contributed by atoms with Crippen molar-refractivity contribution in [1.82, 2.24) is 10.2 Å². The number of nitrogens with zero attached hydrogens (tertiary/aromatic N) is 1. The lowest BCUT2D eigenvalue weighted by Crippen LogP contribution is -2.54. The van der Waals surface area contributed by atoms with Gasteiger partial charge in [0.25, 0.3) is 0 Å². The summed E-state index contributed by atoms with van der Waals surface area (Å²) in [6, 6.07) is 0.0233. The maximum Gasteiger partial charge on any atom is 0.239 e. The zero-order valence-electron chi connectivity index (χ0n) is 8.66. The molecule has 2 heterocycles.